The monoisotopic (exact) mass is 238 g/mol. The van der Waals surface area contributed by atoms with E-state index in [1.165, 1.54) is 64.7 Å². The number of hydrogen-bond acceptors (Lipinski definition) is 2. The normalized spacial score (nSPS) is 35.3. The molecule has 0 radical (unpaired) electrons. The molecule has 3 unspecified atom stereocenters. The van der Waals surface area contributed by atoms with Crippen LogP contribution in [0.25, 0.3) is 0 Å². The van der Waals surface area contributed by atoms with E-state index in [1.807, 2.05) is 0 Å². The summed E-state index contributed by atoms with van der Waals surface area (Å²) in [4.78, 5) is 2.59. The standard InChI is InChI=1S/C15H30N2/c1-3-14-7-5-6-8-15(14)16-11-13-9-10-17(4-2)12-13/h13-16H,3-12H2,1-2H3. The third-order valence-electron chi connectivity index (χ3n) is 4.92. The van der Waals surface area contributed by atoms with Crippen LogP contribution >= 0.6 is 0 Å². The maximum absolute atomic E-state index is 3.88. The van der Waals surface area contributed by atoms with Crippen LogP contribution in [0.4, 0.5) is 0 Å². The summed E-state index contributed by atoms with van der Waals surface area (Å²) in [6.07, 6.45) is 8.56. The van der Waals surface area contributed by atoms with E-state index in [9.17, 15) is 0 Å². The van der Waals surface area contributed by atoms with E-state index in [4.69, 9.17) is 0 Å². The molecule has 1 saturated heterocycles. The molecule has 2 heteroatoms. The van der Waals surface area contributed by atoms with Gasteiger partial charge in [0.2, 0.25) is 0 Å². The molecule has 0 spiro atoms. The maximum atomic E-state index is 3.88. The summed E-state index contributed by atoms with van der Waals surface area (Å²) in [5.41, 5.74) is 0. The first-order valence-corrected chi connectivity index (χ1v) is 7.79. The van der Waals surface area contributed by atoms with Crippen LogP contribution in [0.2, 0.25) is 0 Å². The molecule has 1 N–H and O–H groups in total. The lowest BCUT2D eigenvalue weighted by Gasteiger charge is -2.32. The fraction of sp³-hybridized carbons (Fsp3) is 1.00. The number of nitrogens with zero attached hydrogens (tertiary/aromatic N) is 1. The van der Waals surface area contributed by atoms with E-state index in [0.29, 0.717) is 0 Å². The van der Waals surface area contributed by atoms with Gasteiger partial charge in [-0.15, -0.1) is 0 Å². The van der Waals surface area contributed by atoms with Crippen LogP contribution in [0.5, 0.6) is 0 Å². The van der Waals surface area contributed by atoms with Gasteiger partial charge in [0.15, 0.2) is 0 Å². The predicted octanol–water partition coefficient (Wildman–Crippen LogP) is 2.89. The molecule has 1 aliphatic carbocycles. The molecule has 0 aromatic rings. The molecule has 2 rings (SSSR count). The van der Waals surface area contributed by atoms with Gasteiger partial charge < -0.3 is 10.2 Å². The van der Waals surface area contributed by atoms with Crippen LogP contribution in [-0.4, -0.2) is 37.1 Å². The van der Waals surface area contributed by atoms with Gasteiger partial charge in [-0.05, 0) is 50.7 Å². The molecule has 2 fully saturated rings. The third kappa shape index (κ3) is 3.69. The minimum Gasteiger partial charge on any atom is -0.313 e. The van der Waals surface area contributed by atoms with Crippen molar-refractivity contribution in [3.8, 4) is 0 Å². The van der Waals surface area contributed by atoms with Gasteiger partial charge in [0.25, 0.3) is 0 Å². The molecular weight excluding hydrogens is 208 g/mol. The van der Waals surface area contributed by atoms with Crippen molar-refractivity contribution in [2.75, 3.05) is 26.2 Å². The van der Waals surface area contributed by atoms with Crippen molar-refractivity contribution in [2.24, 2.45) is 11.8 Å². The van der Waals surface area contributed by atoms with Crippen molar-refractivity contribution in [1.29, 1.82) is 0 Å². The largest absolute Gasteiger partial charge is 0.313 e. The molecule has 1 saturated carbocycles. The Labute approximate surface area is 107 Å². The van der Waals surface area contributed by atoms with Gasteiger partial charge in [-0.25, -0.2) is 0 Å². The summed E-state index contributed by atoms with van der Waals surface area (Å²) in [7, 11) is 0. The van der Waals surface area contributed by atoms with Gasteiger partial charge in [0, 0.05) is 12.6 Å². The first-order chi connectivity index (χ1) is 8.33. The van der Waals surface area contributed by atoms with Crippen molar-refractivity contribution in [1.82, 2.24) is 10.2 Å². The molecule has 3 atom stereocenters. The van der Waals surface area contributed by atoms with Crippen LogP contribution in [-0.2, 0) is 0 Å². The van der Waals surface area contributed by atoms with E-state index in [0.717, 1.165) is 17.9 Å². The van der Waals surface area contributed by atoms with Crippen LogP contribution in [0.1, 0.15) is 52.4 Å². The zero-order chi connectivity index (χ0) is 12.1. The Morgan fingerprint density at radius 1 is 1.12 bits per heavy atom. The quantitative estimate of drug-likeness (QED) is 0.792. The van der Waals surface area contributed by atoms with Crippen molar-refractivity contribution >= 4 is 0 Å². The minimum atomic E-state index is 0.824. The zero-order valence-electron chi connectivity index (χ0n) is 11.8. The zero-order valence-corrected chi connectivity index (χ0v) is 11.8. The Kier molecular flexibility index (Phi) is 5.30. The third-order valence-corrected chi connectivity index (χ3v) is 4.92. The summed E-state index contributed by atoms with van der Waals surface area (Å²) in [6, 6.07) is 0.824. The summed E-state index contributed by atoms with van der Waals surface area (Å²) >= 11 is 0. The van der Waals surface area contributed by atoms with E-state index in [2.05, 4.69) is 24.1 Å². The molecule has 1 heterocycles. The van der Waals surface area contributed by atoms with Crippen LogP contribution in [0.3, 0.4) is 0 Å². The van der Waals surface area contributed by atoms with E-state index >= 15 is 0 Å². The Morgan fingerprint density at radius 2 is 1.94 bits per heavy atom. The van der Waals surface area contributed by atoms with Crippen molar-refractivity contribution in [3.05, 3.63) is 0 Å². The Morgan fingerprint density at radius 3 is 2.65 bits per heavy atom. The fourth-order valence-corrected chi connectivity index (χ4v) is 3.65. The number of rotatable bonds is 5. The molecule has 0 aromatic carbocycles. The first-order valence-electron chi connectivity index (χ1n) is 7.79. The summed E-state index contributed by atoms with van der Waals surface area (Å²) in [6.45, 7) is 9.79. The van der Waals surface area contributed by atoms with E-state index < -0.39 is 0 Å². The lowest BCUT2D eigenvalue weighted by molar-refractivity contribution is 0.244. The maximum Gasteiger partial charge on any atom is 0.00953 e. The molecular formula is C15H30N2. The van der Waals surface area contributed by atoms with Crippen LogP contribution < -0.4 is 5.32 Å². The lowest BCUT2D eigenvalue weighted by Crippen LogP contribution is -2.41. The van der Waals surface area contributed by atoms with Gasteiger partial charge in [-0.2, -0.15) is 0 Å². The molecule has 2 aliphatic rings. The Bertz CT molecular complexity index is 217. The summed E-state index contributed by atoms with van der Waals surface area (Å²) in [5.74, 6) is 1.86. The second-order valence-corrected chi connectivity index (χ2v) is 6.02. The first kappa shape index (κ1) is 13.4. The van der Waals surface area contributed by atoms with Crippen molar-refractivity contribution in [2.45, 2.75) is 58.4 Å². The van der Waals surface area contributed by atoms with Gasteiger partial charge in [0.1, 0.15) is 0 Å². The van der Waals surface area contributed by atoms with Crippen LogP contribution in [0.15, 0.2) is 0 Å². The van der Waals surface area contributed by atoms with Gasteiger partial charge in [0.05, 0.1) is 0 Å². The molecule has 17 heavy (non-hydrogen) atoms. The Balaban J connectivity index is 1.70. The van der Waals surface area contributed by atoms with Gasteiger partial charge in [-0.3, -0.25) is 0 Å². The molecule has 100 valence electrons. The van der Waals surface area contributed by atoms with Crippen LogP contribution in [0, 0.1) is 11.8 Å². The average molecular weight is 238 g/mol. The highest BCUT2D eigenvalue weighted by Crippen LogP contribution is 2.27. The molecule has 0 aromatic heterocycles. The average Bonchev–Trinajstić information content (AvgIpc) is 2.84. The van der Waals surface area contributed by atoms with Gasteiger partial charge >= 0.3 is 0 Å². The smallest absolute Gasteiger partial charge is 0.00953 e. The predicted molar refractivity (Wildman–Crippen MR) is 74.3 cm³/mol. The number of nitrogens with one attached hydrogen (secondary N) is 1. The lowest BCUT2D eigenvalue weighted by atomic mass is 9.82. The minimum absolute atomic E-state index is 0.824. The number of likely N-dealkylation sites (tertiary alicyclic amines) is 1. The summed E-state index contributed by atoms with van der Waals surface area (Å²) < 4.78 is 0. The second kappa shape index (κ2) is 6.75. The fourth-order valence-electron chi connectivity index (χ4n) is 3.65. The highest BCUT2D eigenvalue weighted by molar-refractivity contribution is 4.83. The molecule has 1 aliphatic heterocycles. The SMILES string of the molecule is CCC1CCCCC1NCC1CCN(CC)C1. The molecule has 0 amide bonds. The topological polar surface area (TPSA) is 15.3 Å². The second-order valence-electron chi connectivity index (χ2n) is 6.02. The van der Waals surface area contributed by atoms with Crippen molar-refractivity contribution < 1.29 is 0 Å². The van der Waals surface area contributed by atoms with E-state index in [-0.39, 0.29) is 0 Å². The highest BCUT2D eigenvalue weighted by atomic mass is 15.1. The summed E-state index contributed by atoms with van der Waals surface area (Å²) in [5, 5.41) is 3.88. The van der Waals surface area contributed by atoms with E-state index in [1.54, 1.807) is 0 Å². The molecule has 0 bridgehead atoms. The highest BCUT2D eigenvalue weighted by Gasteiger charge is 2.26. The Hall–Kier alpha value is -0.0800. The number of hydrogen-bond donors (Lipinski definition) is 1. The van der Waals surface area contributed by atoms with Gasteiger partial charge in [-0.1, -0.05) is 33.1 Å². The van der Waals surface area contributed by atoms with Crippen molar-refractivity contribution in [3.63, 3.8) is 0 Å². The molecule has 2 nitrogen and oxygen atoms in total.